The summed E-state index contributed by atoms with van der Waals surface area (Å²) in [6.45, 7) is 1.28. The summed E-state index contributed by atoms with van der Waals surface area (Å²) in [6.07, 6.45) is 1.71. The summed E-state index contributed by atoms with van der Waals surface area (Å²) in [6, 6.07) is 3.76. The predicted molar refractivity (Wildman–Crippen MR) is 82.6 cm³/mol. The highest BCUT2D eigenvalue weighted by Crippen LogP contribution is 2.17. The van der Waals surface area contributed by atoms with Crippen molar-refractivity contribution in [1.29, 1.82) is 0 Å². The molecule has 0 saturated carbocycles. The van der Waals surface area contributed by atoms with Gasteiger partial charge in [-0.15, -0.1) is 11.3 Å². The van der Waals surface area contributed by atoms with E-state index < -0.39 is 0 Å². The monoisotopic (exact) mass is 324 g/mol. The van der Waals surface area contributed by atoms with Crippen LogP contribution in [0.4, 0.5) is 0 Å². The summed E-state index contributed by atoms with van der Waals surface area (Å²) in [5, 5.41) is 4.80. The molecule has 0 radical (unpaired) electrons. The third-order valence-electron chi connectivity index (χ3n) is 3.66. The van der Waals surface area contributed by atoms with E-state index in [1.165, 1.54) is 18.4 Å². The molecule has 0 aliphatic carbocycles. The number of ether oxygens (including phenoxy) is 1. The summed E-state index contributed by atoms with van der Waals surface area (Å²) >= 11 is 1.44. The maximum absolute atomic E-state index is 12.2. The standard InChI is InChI=1S/C15H20N2O4S/c1-21-14(19)5-4-13(18)16-11-6-8-17(9-7-11)15(20)12-3-2-10-22-12/h2-3,10-11H,4-9H2,1H3,(H,16,18). The van der Waals surface area contributed by atoms with Gasteiger partial charge in [0.2, 0.25) is 5.91 Å². The van der Waals surface area contributed by atoms with E-state index in [9.17, 15) is 14.4 Å². The van der Waals surface area contributed by atoms with Gasteiger partial charge in [0.05, 0.1) is 18.4 Å². The van der Waals surface area contributed by atoms with Crippen molar-refractivity contribution in [1.82, 2.24) is 10.2 Å². The molecule has 1 fully saturated rings. The first-order valence-electron chi connectivity index (χ1n) is 7.29. The number of piperidine rings is 1. The van der Waals surface area contributed by atoms with E-state index in [4.69, 9.17) is 0 Å². The van der Waals surface area contributed by atoms with Gasteiger partial charge in [-0.3, -0.25) is 14.4 Å². The zero-order valence-electron chi connectivity index (χ0n) is 12.5. The number of carbonyl (C=O) groups is 3. The van der Waals surface area contributed by atoms with Crippen LogP contribution in [0.3, 0.4) is 0 Å². The Kier molecular flexibility index (Phi) is 5.94. The molecule has 1 aromatic heterocycles. The van der Waals surface area contributed by atoms with Crippen molar-refractivity contribution in [2.75, 3.05) is 20.2 Å². The number of nitrogens with one attached hydrogen (secondary N) is 1. The van der Waals surface area contributed by atoms with Crippen molar-refractivity contribution < 1.29 is 19.1 Å². The number of carbonyl (C=O) groups excluding carboxylic acids is 3. The molecule has 0 spiro atoms. The van der Waals surface area contributed by atoms with Crippen LogP contribution < -0.4 is 5.32 Å². The molecule has 22 heavy (non-hydrogen) atoms. The van der Waals surface area contributed by atoms with E-state index in [1.807, 2.05) is 22.4 Å². The number of methoxy groups -OCH3 is 1. The van der Waals surface area contributed by atoms with Crippen molar-refractivity contribution in [3.63, 3.8) is 0 Å². The zero-order chi connectivity index (χ0) is 15.9. The first-order valence-corrected chi connectivity index (χ1v) is 8.17. The number of likely N-dealkylation sites (tertiary alicyclic amines) is 1. The van der Waals surface area contributed by atoms with Crippen LogP contribution in [0.25, 0.3) is 0 Å². The summed E-state index contributed by atoms with van der Waals surface area (Å²) in [5.74, 6) is -0.467. The number of amides is 2. The minimum atomic E-state index is -0.383. The Bertz CT molecular complexity index is 522. The van der Waals surface area contributed by atoms with Gasteiger partial charge in [0.1, 0.15) is 0 Å². The van der Waals surface area contributed by atoms with Gasteiger partial charge in [-0.05, 0) is 24.3 Å². The number of hydrogen-bond acceptors (Lipinski definition) is 5. The van der Waals surface area contributed by atoms with Crippen LogP contribution in [0, 0.1) is 0 Å². The van der Waals surface area contributed by atoms with Crippen LogP contribution in [-0.2, 0) is 14.3 Å². The van der Waals surface area contributed by atoms with Gasteiger partial charge in [-0.2, -0.15) is 0 Å². The fraction of sp³-hybridized carbons (Fsp3) is 0.533. The molecular weight excluding hydrogens is 304 g/mol. The number of rotatable bonds is 5. The van der Waals surface area contributed by atoms with E-state index in [-0.39, 0.29) is 36.7 Å². The molecule has 1 N–H and O–H groups in total. The molecule has 2 amide bonds. The van der Waals surface area contributed by atoms with Gasteiger partial charge in [-0.25, -0.2) is 0 Å². The maximum Gasteiger partial charge on any atom is 0.306 e. The van der Waals surface area contributed by atoms with Gasteiger partial charge in [0, 0.05) is 25.6 Å². The number of nitrogens with zero attached hydrogens (tertiary/aromatic N) is 1. The second kappa shape index (κ2) is 7.93. The second-order valence-electron chi connectivity index (χ2n) is 5.19. The minimum absolute atomic E-state index is 0.0606. The Morgan fingerprint density at radius 2 is 2.05 bits per heavy atom. The summed E-state index contributed by atoms with van der Waals surface area (Å²) < 4.78 is 4.50. The smallest absolute Gasteiger partial charge is 0.306 e. The topological polar surface area (TPSA) is 75.7 Å². The van der Waals surface area contributed by atoms with Crippen molar-refractivity contribution in [2.45, 2.75) is 31.7 Å². The number of hydrogen-bond donors (Lipinski definition) is 1. The second-order valence-corrected chi connectivity index (χ2v) is 6.14. The summed E-state index contributed by atoms with van der Waals surface area (Å²) in [5.41, 5.74) is 0. The predicted octanol–water partition coefficient (Wildman–Crippen LogP) is 1.42. The van der Waals surface area contributed by atoms with Crippen molar-refractivity contribution in [3.8, 4) is 0 Å². The first kappa shape index (κ1) is 16.5. The fourth-order valence-corrected chi connectivity index (χ4v) is 3.09. The van der Waals surface area contributed by atoms with Gasteiger partial charge >= 0.3 is 5.97 Å². The molecule has 0 aromatic carbocycles. The Morgan fingerprint density at radius 1 is 1.32 bits per heavy atom. The highest BCUT2D eigenvalue weighted by molar-refractivity contribution is 7.12. The molecule has 2 heterocycles. The molecule has 1 aliphatic heterocycles. The number of thiophene rings is 1. The molecule has 7 heteroatoms. The third kappa shape index (κ3) is 4.56. The fourth-order valence-electron chi connectivity index (χ4n) is 2.40. The van der Waals surface area contributed by atoms with E-state index in [1.54, 1.807) is 0 Å². The number of esters is 1. The van der Waals surface area contributed by atoms with Gasteiger partial charge in [-0.1, -0.05) is 6.07 Å². The molecule has 0 bridgehead atoms. The summed E-state index contributed by atoms with van der Waals surface area (Å²) in [4.78, 5) is 37.5. The third-order valence-corrected chi connectivity index (χ3v) is 4.52. The Hall–Kier alpha value is -1.89. The quantitative estimate of drug-likeness (QED) is 0.831. The molecule has 2 rings (SSSR count). The molecule has 120 valence electrons. The molecule has 6 nitrogen and oxygen atoms in total. The van der Waals surface area contributed by atoms with Gasteiger partial charge in [0.15, 0.2) is 0 Å². The van der Waals surface area contributed by atoms with E-state index >= 15 is 0 Å². The molecule has 0 atom stereocenters. The van der Waals surface area contributed by atoms with Crippen LogP contribution in [0.1, 0.15) is 35.4 Å². The highest BCUT2D eigenvalue weighted by Gasteiger charge is 2.25. The van der Waals surface area contributed by atoms with Crippen LogP contribution in [0.15, 0.2) is 17.5 Å². The molecule has 1 saturated heterocycles. The molecule has 1 aliphatic rings. The molecular formula is C15H20N2O4S. The molecule has 1 aromatic rings. The SMILES string of the molecule is COC(=O)CCC(=O)NC1CCN(C(=O)c2cccs2)CC1. The lowest BCUT2D eigenvalue weighted by Gasteiger charge is -2.32. The largest absolute Gasteiger partial charge is 0.469 e. The maximum atomic E-state index is 12.2. The van der Waals surface area contributed by atoms with Crippen LogP contribution in [0.2, 0.25) is 0 Å². The Labute approximate surface area is 133 Å². The lowest BCUT2D eigenvalue weighted by molar-refractivity contribution is -0.142. The normalized spacial score (nSPS) is 15.4. The van der Waals surface area contributed by atoms with Crippen LogP contribution in [0.5, 0.6) is 0 Å². The average molecular weight is 324 g/mol. The average Bonchev–Trinajstić information content (AvgIpc) is 3.07. The van der Waals surface area contributed by atoms with Crippen LogP contribution >= 0.6 is 11.3 Å². The zero-order valence-corrected chi connectivity index (χ0v) is 13.4. The van der Waals surface area contributed by atoms with Gasteiger partial charge in [0.25, 0.3) is 5.91 Å². The lowest BCUT2D eigenvalue weighted by atomic mass is 10.0. The minimum Gasteiger partial charge on any atom is -0.469 e. The Morgan fingerprint density at radius 3 is 2.64 bits per heavy atom. The van der Waals surface area contributed by atoms with Crippen molar-refractivity contribution in [3.05, 3.63) is 22.4 Å². The lowest BCUT2D eigenvalue weighted by Crippen LogP contribution is -2.46. The van der Waals surface area contributed by atoms with E-state index in [0.717, 1.165) is 17.7 Å². The Balaban J connectivity index is 1.72. The first-order chi connectivity index (χ1) is 10.6. The van der Waals surface area contributed by atoms with Crippen molar-refractivity contribution >= 4 is 29.1 Å². The van der Waals surface area contributed by atoms with Gasteiger partial charge < -0.3 is 15.0 Å². The van der Waals surface area contributed by atoms with E-state index in [2.05, 4.69) is 10.1 Å². The summed E-state index contributed by atoms with van der Waals surface area (Å²) in [7, 11) is 1.31. The van der Waals surface area contributed by atoms with Crippen molar-refractivity contribution in [2.24, 2.45) is 0 Å². The molecule has 0 unspecified atom stereocenters. The van der Waals surface area contributed by atoms with E-state index in [0.29, 0.717) is 13.1 Å². The van der Waals surface area contributed by atoms with Crippen LogP contribution in [-0.4, -0.2) is 48.9 Å². The highest BCUT2D eigenvalue weighted by atomic mass is 32.1.